The van der Waals surface area contributed by atoms with E-state index >= 15 is 0 Å². The Balaban J connectivity index is 1.27. The topological polar surface area (TPSA) is 95.2 Å². The number of nitrogens with zero attached hydrogens (tertiary/aromatic N) is 2. The summed E-state index contributed by atoms with van der Waals surface area (Å²) in [4.78, 5) is 30.0. The standard InChI is InChI=1S/C36H49N5O4/c1-5-7-9-22-37-36(43)39-29-14-19-33(34(26-29)44-4)45-32-17-12-28(13-18-32)38-35(42)27-10-15-30(16-11-27)40(3)31-20-24-41(25-21-31)23-8-6-2/h10-19,26,31H,5-9,20-25H2,1-4H3,(H,38,42)(H2,37,39,43). The maximum Gasteiger partial charge on any atom is 0.319 e. The molecule has 1 aliphatic rings. The Bertz CT molecular complexity index is 1350. The van der Waals surface area contributed by atoms with Gasteiger partial charge in [0.2, 0.25) is 0 Å². The predicted molar refractivity (Wildman–Crippen MR) is 183 cm³/mol. The van der Waals surface area contributed by atoms with Crippen LogP contribution in [0, 0.1) is 0 Å². The third-order valence-corrected chi connectivity index (χ3v) is 8.30. The minimum Gasteiger partial charge on any atom is -0.493 e. The van der Waals surface area contributed by atoms with E-state index in [4.69, 9.17) is 9.47 Å². The van der Waals surface area contributed by atoms with Crippen LogP contribution in [-0.2, 0) is 0 Å². The van der Waals surface area contributed by atoms with Crippen LogP contribution >= 0.6 is 0 Å². The third kappa shape index (κ3) is 10.1. The number of hydrogen-bond acceptors (Lipinski definition) is 6. The number of carbonyl (C=O) groups is 2. The van der Waals surface area contributed by atoms with Crippen LogP contribution < -0.4 is 30.3 Å². The van der Waals surface area contributed by atoms with Gasteiger partial charge < -0.3 is 35.2 Å². The maximum atomic E-state index is 13.0. The quantitative estimate of drug-likeness (QED) is 0.151. The minimum atomic E-state index is -0.253. The van der Waals surface area contributed by atoms with Crippen molar-refractivity contribution in [2.24, 2.45) is 0 Å². The molecule has 9 heteroatoms. The van der Waals surface area contributed by atoms with Crippen molar-refractivity contribution < 1.29 is 19.1 Å². The van der Waals surface area contributed by atoms with Crippen LogP contribution in [0.2, 0.25) is 0 Å². The Morgan fingerprint density at radius 2 is 1.53 bits per heavy atom. The van der Waals surface area contributed by atoms with Crippen molar-refractivity contribution in [1.82, 2.24) is 10.2 Å². The fourth-order valence-electron chi connectivity index (χ4n) is 5.49. The molecule has 0 radical (unpaired) electrons. The first kappa shape index (κ1) is 33.6. The van der Waals surface area contributed by atoms with E-state index in [1.807, 2.05) is 24.3 Å². The largest absolute Gasteiger partial charge is 0.493 e. The summed E-state index contributed by atoms with van der Waals surface area (Å²) in [5.41, 5.74) is 3.01. The minimum absolute atomic E-state index is 0.165. The van der Waals surface area contributed by atoms with Gasteiger partial charge >= 0.3 is 6.03 Å². The number of amides is 3. The number of carbonyl (C=O) groups excluding carboxylic acids is 2. The Morgan fingerprint density at radius 1 is 0.844 bits per heavy atom. The predicted octanol–water partition coefficient (Wildman–Crippen LogP) is 7.75. The second-order valence-corrected chi connectivity index (χ2v) is 11.6. The molecule has 1 saturated heterocycles. The van der Waals surface area contributed by atoms with Crippen molar-refractivity contribution in [3.05, 3.63) is 72.3 Å². The van der Waals surface area contributed by atoms with Crippen molar-refractivity contribution in [3.8, 4) is 17.2 Å². The van der Waals surface area contributed by atoms with E-state index in [2.05, 4.69) is 46.6 Å². The highest BCUT2D eigenvalue weighted by Gasteiger charge is 2.22. The van der Waals surface area contributed by atoms with E-state index in [0.29, 0.717) is 46.8 Å². The van der Waals surface area contributed by atoms with E-state index in [0.717, 1.165) is 50.9 Å². The van der Waals surface area contributed by atoms with Crippen LogP contribution in [0.1, 0.15) is 69.2 Å². The number of hydrogen-bond donors (Lipinski definition) is 3. The number of rotatable bonds is 15. The second kappa shape index (κ2) is 17.3. The molecule has 0 aliphatic carbocycles. The molecule has 1 heterocycles. The molecular formula is C36H49N5O4. The summed E-state index contributed by atoms with van der Waals surface area (Å²) >= 11 is 0. The Hall–Kier alpha value is -4.24. The number of ether oxygens (including phenoxy) is 2. The molecule has 0 unspecified atom stereocenters. The van der Waals surface area contributed by atoms with Gasteiger partial charge in [-0.1, -0.05) is 33.1 Å². The van der Waals surface area contributed by atoms with Gasteiger partial charge in [0.25, 0.3) is 5.91 Å². The molecule has 0 saturated carbocycles. The molecule has 1 aliphatic heterocycles. The smallest absolute Gasteiger partial charge is 0.319 e. The van der Waals surface area contributed by atoms with Gasteiger partial charge in [0.1, 0.15) is 5.75 Å². The molecule has 0 spiro atoms. The van der Waals surface area contributed by atoms with E-state index < -0.39 is 0 Å². The number of piperidine rings is 1. The summed E-state index contributed by atoms with van der Waals surface area (Å²) in [5, 5.41) is 8.65. The van der Waals surface area contributed by atoms with Crippen LogP contribution in [0.15, 0.2) is 66.7 Å². The van der Waals surface area contributed by atoms with E-state index in [1.165, 1.54) is 19.4 Å². The van der Waals surface area contributed by atoms with Gasteiger partial charge in [-0.15, -0.1) is 0 Å². The van der Waals surface area contributed by atoms with Gasteiger partial charge in [-0.25, -0.2) is 4.79 Å². The molecule has 3 aromatic rings. The highest BCUT2D eigenvalue weighted by atomic mass is 16.5. The van der Waals surface area contributed by atoms with Gasteiger partial charge in [-0.05, 0) is 92.9 Å². The normalized spacial score (nSPS) is 13.6. The lowest BCUT2D eigenvalue weighted by Crippen LogP contribution is -2.43. The molecular weight excluding hydrogens is 566 g/mol. The molecule has 9 nitrogen and oxygen atoms in total. The molecule has 242 valence electrons. The van der Waals surface area contributed by atoms with Crippen LogP contribution in [-0.4, -0.2) is 63.2 Å². The van der Waals surface area contributed by atoms with Crippen molar-refractivity contribution in [3.63, 3.8) is 0 Å². The zero-order valence-corrected chi connectivity index (χ0v) is 27.2. The van der Waals surface area contributed by atoms with Gasteiger partial charge in [0, 0.05) is 61.4 Å². The molecule has 0 bridgehead atoms. The van der Waals surface area contributed by atoms with E-state index in [1.54, 1.807) is 49.6 Å². The third-order valence-electron chi connectivity index (χ3n) is 8.30. The van der Waals surface area contributed by atoms with Crippen molar-refractivity contribution in [2.75, 3.05) is 55.9 Å². The molecule has 3 aromatic carbocycles. The number of nitrogens with one attached hydrogen (secondary N) is 3. The first-order valence-corrected chi connectivity index (χ1v) is 16.3. The Kier molecular flexibility index (Phi) is 12.9. The van der Waals surface area contributed by atoms with Crippen LogP contribution in [0.4, 0.5) is 21.9 Å². The SMILES string of the molecule is CCCCCNC(=O)Nc1ccc(Oc2ccc(NC(=O)c3ccc(N(C)C4CCN(CCCC)CC4)cc3)cc2)c(OC)c1. The average Bonchev–Trinajstić information content (AvgIpc) is 3.07. The number of benzene rings is 3. The summed E-state index contributed by atoms with van der Waals surface area (Å²) in [6.45, 7) is 8.51. The van der Waals surface area contributed by atoms with E-state index in [9.17, 15) is 9.59 Å². The number of anilines is 3. The lowest BCUT2D eigenvalue weighted by Gasteiger charge is -2.38. The maximum absolute atomic E-state index is 13.0. The first-order valence-electron chi connectivity index (χ1n) is 16.3. The molecule has 0 atom stereocenters. The van der Waals surface area contributed by atoms with Crippen molar-refractivity contribution in [1.29, 1.82) is 0 Å². The summed E-state index contributed by atoms with van der Waals surface area (Å²) in [5.74, 6) is 1.42. The summed E-state index contributed by atoms with van der Waals surface area (Å²) in [6.07, 6.45) is 7.97. The fraction of sp³-hybridized carbons (Fsp3) is 0.444. The number of urea groups is 1. The zero-order valence-electron chi connectivity index (χ0n) is 27.2. The molecule has 3 N–H and O–H groups in total. The summed E-state index contributed by atoms with van der Waals surface area (Å²) in [6, 6.07) is 20.5. The lowest BCUT2D eigenvalue weighted by molar-refractivity contribution is 0.102. The number of unbranched alkanes of at least 4 members (excludes halogenated alkanes) is 3. The first-order chi connectivity index (χ1) is 21.9. The van der Waals surface area contributed by atoms with Crippen LogP contribution in [0.5, 0.6) is 17.2 Å². The fourth-order valence-corrected chi connectivity index (χ4v) is 5.49. The Morgan fingerprint density at radius 3 is 2.20 bits per heavy atom. The molecule has 45 heavy (non-hydrogen) atoms. The van der Waals surface area contributed by atoms with Gasteiger partial charge in [-0.2, -0.15) is 0 Å². The highest BCUT2D eigenvalue weighted by molar-refractivity contribution is 6.04. The van der Waals surface area contributed by atoms with Crippen LogP contribution in [0.3, 0.4) is 0 Å². The molecule has 0 aromatic heterocycles. The van der Waals surface area contributed by atoms with Gasteiger partial charge in [0.05, 0.1) is 7.11 Å². The Labute approximate surface area is 268 Å². The summed E-state index contributed by atoms with van der Waals surface area (Å²) in [7, 11) is 3.71. The summed E-state index contributed by atoms with van der Waals surface area (Å²) < 4.78 is 11.5. The molecule has 3 amide bonds. The zero-order chi connectivity index (χ0) is 32.0. The average molecular weight is 616 g/mol. The van der Waals surface area contributed by atoms with Crippen molar-refractivity contribution >= 4 is 29.0 Å². The second-order valence-electron chi connectivity index (χ2n) is 11.6. The number of methoxy groups -OCH3 is 1. The van der Waals surface area contributed by atoms with E-state index in [-0.39, 0.29) is 11.9 Å². The lowest BCUT2D eigenvalue weighted by atomic mass is 10.0. The monoisotopic (exact) mass is 615 g/mol. The van der Waals surface area contributed by atoms with Gasteiger partial charge in [-0.3, -0.25) is 4.79 Å². The van der Waals surface area contributed by atoms with Crippen molar-refractivity contribution in [2.45, 2.75) is 64.8 Å². The number of likely N-dealkylation sites (tertiary alicyclic amines) is 1. The molecule has 4 rings (SSSR count). The highest BCUT2D eigenvalue weighted by Crippen LogP contribution is 2.34. The van der Waals surface area contributed by atoms with Crippen LogP contribution in [0.25, 0.3) is 0 Å². The molecule has 1 fully saturated rings. The van der Waals surface area contributed by atoms with Gasteiger partial charge in [0.15, 0.2) is 11.5 Å².